The lowest BCUT2D eigenvalue weighted by molar-refractivity contribution is 0.225. The van der Waals surface area contributed by atoms with Crippen LogP contribution >= 0.6 is 11.6 Å². The third-order valence-corrected chi connectivity index (χ3v) is 3.75. The summed E-state index contributed by atoms with van der Waals surface area (Å²) in [6, 6.07) is 12.6. The van der Waals surface area contributed by atoms with Gasteiger partial charge in [-0.1, -0.05) is 41.4 Å². The van der Waals surface area contributed by atoms with Gasteiger partial charge in [0.15, 0.2) is 0 Å². The fourth-order valence-corrected chi connectivity index (χ4v) is 2.58. The van der Waals surface area contributed by atoms with Gasteiger partial charge in [0.1, 0.15) is 5.82 Å². The Kier molecular flexibility index (Phi) is 5.16. The molecule has 2 aromatic rings. The molecule has 1 atom stereocenters. The third kappa shape index (κ3) is 4.06. The van der Waals surface area contributed by atoms with E-state index >= 15 is 0 Å². The summed E-state index contributed by atoms with van der Waals surface area (Å²) in [5.74, 6) is -0.257. The van der Waals surface area contributed by atoms with Crippen LogP contribution < -0.4 is 0 Å². The molecule has 0 aromatic heterocycles. The highest BCUT2D eigenvalue weighted by atomic mass is 35.5. The van der Waals surface area contributed by atoms with Gasteiger partial charge in [-0.05, 0) is 55.0 Å². The van der Waals surface area contributed by atoms with Crippen molar-refractivity contribution in [3.8, 4) is 0 Å². The molecule has 1 N–H and O–H groups in total. The molecule has 0 saturated carbocycles. The minimum atomic E-state index is -0.295. The smallest absolute Gasteiger partial charge is 0.123 e. The van der Waals surface area contributed by atoms with Crippen molar-refractivity contribution in [3.63, 3.8) is 0 Å². The largest absolute Gasteiger partial charge is 0.396 e. The van der Waals surface area contributed by atoms with E-state index in [9.17, 15) is 9.50 Å². The van der Waals surface area contributed by atoms with Crippen molar-refractivity contribution >= 4 is 11.6 Å². The predicted molar refractivity (Wildman–Crippen MR) is 80.6 cm³/mol. The molecule has 0 saturated heterocycles. The Balaban J connectivity index is 2.11. The van der Waals surface area contributed by atoms with Gasteiger partial charge < -0.3 is 5.11 Å². The molecule has 0 aliphatic rings. The minimum Gasteiger partial charge on any atom is -0.396 e. The molecule has 0 heterocycles. The molecule has 0 radical (unpaired) electrons. The topological polar surface area (TPSA) is 20.2 Å². The summed E-state index contributed by atoms with van der Waals surface area (Å²) in [5, 5.41) is 10.1. The normalized spacial score (nSPS) is 12.4. The summed E-state index contributed by atoms with van der Waals surface area (Å²) in [6.45, 7) is 2.10. The second-order valence-corrected chi connectivity index (χ2v) is 5.59. The van der Waals surface area contributed by atoms with E-state index < -0.39 is 0 Å². The number of halogens is 2. The van der Waals surface area contributed by atoms with E-state index in [4.69, 9.17) is 11.6 Å². The summed E-state index contributed by atoms with van der Waals surface area (Å²) in [4.78, 5) is 0. The molecule has 0 fully saturated rings. The van der Waals surface area contributed by atoms with Gasteiger partial charge in [0, 0.05) is 11.6 Å². The molecule has 0 spiro atoms. The zero-order valence-electron chi connectivity index (χ0n) is 11.4. The molecule has 0 amide bonds. The average molecular weight is 293 g/mol. The number of hydrogen-bond donors (Lipinski definition) is 1. The van der Waals surface area contributed by atoms with Gasteiger partial charge in [-0.25, -0.2) is 4.39 Å². The summed E-state index contributed by atoms with van der Waals surface area (Å²) in [5.41, 5.74) is 3.12. The molecular weight excluding hydrogens is 275 g/mol. The van der Waals surface area contributed by atoms with Crippen LogP contribution in [0.15, 0.2) is 42.5 Å². The maximum atomic E-state index is 13.3. The van der Waals surface area contributed by atoms with Crippen molar-refractivity contribution in [1.82, 2.24) is 0 Å². The van der Waals surface area contributed by atoms with Gasteiger partial charge in [0.2, 0.25) is 0 Å². The molecule has 3 heteroatoms. The van der Waals surface area contributed by atoms with Crippen LogP contribution in [-0.2, 0) is 12.8 Å². The van der Waals surface area contributed by atoms with Gasteiger partial charge >= 0.3 is 0 Å². The Bertz CT molecular complexity index is 583. The zero-order chi connectivity index (χ0) is 14.5. The SMILES string of the molecule is Cc1cccc(CC(CO)Cc2cc(F)ccc2Cl)c1. The van der Waals surface area contributed by atoms with E-state index in [-0.39, 0.29) is 18.3 Å². The standard InChI is InChI=1S/C17H18ClFO/c1-12-3-2-4-13(7-12)8-14(11-20)9-15-10-16(19)5-6-17(15)18/h2-7,10,14,20H,8-9,11H2,1H3. The van der Waals surface area contributed by atoms with Crippen LogP contribution in [0.4, 0.5) is 4.39 Å². The van der Waals surface area contributed by atoms with Gasteiger partial charge in [0.05, 0.1) is 0 Å². The number of hydrogen-bond acceptors (Lipinski definition) is 1. The third-order valence-electron chi connectivity index (χ3n) is 3.38. The first-order valence-electron chi connectivity index (χ1n) is 6.69. The van der Waals surface area contributed by atoms with Crippen molar-refractivity contribution in [2.24, 2.45) is 5.92 Å². The van der Waals surface area contributed by atoms with Gasteiger partial charge in [-0.15, -0.1) is 0 Å². The Morgan fingerprint density at radius 3 is 2.65 bits per heavy atom. The highest BCUT2D eigenvalue weighted by Crippen LogP contribution is 2.22. The summed E-state index contributed by atoms with van der Waals surface area (Å²) >= 11 is 6.08. The zero-order valence-corrected chi connectivity index (χ0v) is 12.2. The first kappa shape index (κ1) is 15.0. The maximum Gasteiger partial charge on any atom is 0.123 e. The van der Waals surface area contributed by atoms with Crippen molar-refractivity contribution in [1.29, 1.82) is 0 Å². The molecule has 0 aliphatic carbocycles. The predicted octanol–water partition coefficient (Wildman–Crippen LogP) is 4.18. The molecular formula is C17H18ClFO. The quantitative estimate of drug-likeness (QED) is 0.876. The average Bonchev–Trinajstić information content (AvgIpc) is 2.42. The Labute approximate surface area is 124 Å². The van der Waals surface area contributed by atoms with Crippen LogP contribution in [0.2, 0.25) is 5.02 Å². The van der Waals surface area contributed by atoms with Gasteiger partial charge in [-0.2, -0.15) is 0 Å². The molecule has 2 rings (SSSR count). The lowest BCUT2D eigenvalue weighted by Crippen LogP contribution is -2.13. The van der Waals surface area contributed by atoms with Crippen LogP contribution in [0, 0.1) is 18.7 Å². The molecule has 0 aliphatic heterocycles. The Morgan fingerprint density at radius 1 is 1.15 bits per heavy atom. The van der Waals surface area contributed by atoms with Gasteiger partial charge in [0.25, 0.3) is 0 Å². The monoisotopic (exact) mass is 292 g/mol. The van der Waals surface area contributed by atoms with Crippen LogP contribution in [0.3, 0.4) is 0 Å². The number of rotatable bonds is 5. The van der Waals surface area contributed by atoms with E-state index in [1.807, 2.05) is 25.1 Å². The van der Waals surface area contributed by atoms with E-state index in [0.717, 1.165) is 12.0 Å². The van der Waals surface area contributed by atoms with Crippen LogP contribution in [0.1, 0.15) is 16.7 Å². The molecule has 0 bridgehead atoms. The van der Waals surface area contributed by atoms with E-state index in [1.165, 1.54) is 23.3 Å². The van der Waals surface area contributed by atoms with Crippen LogP contribution in [0.25, 0.3) is 0 Å². The molecule has 20 heavy (non-hydrogen) atoms. The van der Waals surface area contributed by atoms with Gasteiger partial charge in [-0.3, -0.25) is 0 Å². The van der Waals surface area contributed by atoms with Crippen molar-refractivity contribution in [2.45, 2.75) is 19.8 Å². The van der Waals surface area contributed by atoms with Crippen molar-refractivity contribution in [3.05, 3.63) is 70.0 Å². The lowest BCUT2D eigenvalue weighted by atomic mass is 9.92. The number of aliphatic hydroxyl groups is 1. The van der Waals surface area contributed by atoms with E-state index in [0.29, 0.717) is 11.4 Å². The summed E-state index contributed by atoms with van der Waals surface area (Å²) < 4.78 is 13.3. The maximum absolute atomic E-state index is 13.3. The number of benzene rings is 2. The highest BCUT2D eigenvalue weighted by Gasteiger charge is 2.13. The van der Waals surface area contributed by atoms with Crippen LogP contribution in [0.5, 0.6) is 0 Å². The van der Waals surface area contributed by atoms with Crippen molar-refractivity contribution in [2.75, 3.05) is 6.61 Å². The first-order valence-corrected chi connectivity index (χ1v) is 7.06. The van der Waals surface area contributed by atoms with Crippen molar-refractivity contribution < 1.29 is 9.50 Å². The first-order chi connectivity index (χ1) is 9.58. The molecule has 1 nitrogen and oxygen atoms in total. The lowest BCUT2D eigenvalue weighted by Gasteiger charge is -2.15. The molecule has 106 valence electrons. The van der Waals surface area contributed by atoms with E-state index in [1.54, 1.807) is 6.07 Å². The highest BCUT2D eigenvalue weighted by molar-refractivity contribution is 6.31. The van der Waals surface area contributed by atoms with E-state index in [2.05, 4.69) is 6.07 Å². The molecule has 2 aromatic carbocycles. The number of aryl methyl sites for hydroxylation is 1. The fraction of sp³-hybridized carbons (Fsp3) is 0.294. The Hall–Kier alpha value is -1.38. The number of aliphatic hydroxyl groups excluding tert-OH is 1. The fourth-order valence-electron chi connectivity index (χ4n) is 2.38. The summed E-state index contributed by atoms with van der Waals surface area (Å²) in [7, 11) is 0. The Morgan fingerprint density at radius 2 is 1.95 bits per heavy atom. The van der Waals surface area contributed by atoms with Crippen LogP contribution in [-0.4, -0.2) is 11.7 Å². The summed E-state index contributed by atoms with van der Waals surface area (Å²) in [6.07, 6.45) is 1.33. The second-order valence-electron chi connectivity index (χ2n) is 5.18. The second kappa shape index (κ2) is 6.87. The minimum absolute atomic E-state index is 0.0381. The molecule has 1 unspecified atom stereocenters.